The van der Waals surface area contributed by atoms with Gasteiger partial charge in [0.25, 0.3) is 0 Å². The largest absolute Gasteiger partial charge is 0.366 e. The van der Waals surface area contributed by atoms with Crippen molar-refractivity contribution in [3.05, 3.63) is 58.6 Å². The van der Waals surface area contributed by atoms with Gasteiger partial charge in [-0.1, -0.05) is 15.9 Å². The Morgan fingerprint density at radius 3 is 2.12 bits per heavy atom. The maximum absolute atomic E-state index is 12.2. The van der Waals surface area contributed by atoms with Gasteiger partial charge in [-0.25, -0.2) is 8.42 Å². The zero-order valence-electron chi connectivity index (χ0n) is 13.3. The number of carbonyl (C=O) groups excluding carboxylic acids is 2. The van der Waals surface area contributed by atoms with Gasteiger partial charge in [0.15, 0.2) is 0 Å². The van der Waals surface area contributed by atoms with Crippen LogP contribution in [-0.2, 0) is 14.8 Å². The number of primary amides is 1. The molecule has 0 radical (unpaired) electrons. The van der Waals surface area contributed by atoms with Gasteiger partial charge in [0, 0.05) is 15.7 Å². The number of nitrogens with one attached hydrogen (secondary N) is 1. The number of carbonyl (C=O) groups is 2. The van der Waals surface area contributed by atoms with Crippen molar-refractivity contribution in [2.24, 2.45) is 5.73 Å². The van der Waals surface area contributed by atoms with Gasteiger partial charge < -0.3 is 11.1 Å². The Morgan fingerprint density at radius 2 is 1.64 bits per heavy atom. The van der Waals surface area contributed by atoms with E-state index in [0.717, 1.165) is 15.0 Å². The fourth-order valence-corrected chi connectivity index (χ4v) is 3.18. The lowest BCUT2D eigenvalue weighted by molar-refractivity contribution is -0.114. The summed E-state index contributed by atoms with van der Waals surface area (Å²) in [5, 5.41) is 2.59. The zero-order chi connectivity index (χ0) is 18.6. The van der Waals surface area contributed by atoms with Crippen LogP contribution >= 0.6 is 15.9 Å². The van der Waals surface area contributed by atoms with Crippen LogP contribution in [0.4, 0.5) is 11.4 Å². The molecule has 132 valence electrons. The highest BCUT2D eigenvalue weighted by atomic mass is 79.9. The average molecular weight is 426 g/mol. The number of hydrogen-bond acceptors (Lipinski definition) is 4. The van der Waals surface area contributed by atoms with Crippen LogP contribution in [-0.4, -0.2) is 33.0 Å². The Hall–Kier alpha value is -2.39. The van der Waals surface area contributed by atoms with Gasteiger partial charge in [-0.05, 0) is 48.5 Å². The zero-order valence-corrected chi connectivity index (χ0v) is 15.7. The van der Waals surface area contributed by atoms with Crippen LogP contribution in [0.2, 0.25) is 0 Å². The summed E-state index contributed by atoms with van der Waals surface area (Å²) < 4.78 is 25.8. The van der Waals surface area contributed by atoms with Gasteiger partial charge in [0.2, 0.25) is 21.8 Å². The molecule has 2 aromatic rings. The van der Waals surface area contributed by atoms with Gasteiger partial charge in [0.1, 0.15) is 6.54 Å². The maximum Gasteiger partial charge on any atom is 0.248 e. The van der Waals surface area contributed by atoms with Crippen LogP contribution in [0, 0.1) is 0 Å². The SMILES string of the molecule is CS(=O)(=O)N(CC(=O)Nc1ccc(C(N)=O)cc1)c1ccc(Br)cc1. The minimum atomic E-state index is -3.64. The molecule has 7 nitrogen and oxygen atoms in total. The Kier molecular flexibility index (Phi) is 5.81. The van der Waals surface area contributed by atoms with Gasteiger partial charge in [-0.2, -0.15) is 0 Å². The number of nitrogens with two attached hydrogens (primary N) is 1. The summed E-state index contributed by atoms with van der Waals surface area (Å²) >= 11 is 3.28. The number of sulfonamides is 1. The quantitative estimate of drug-likeness (QED) is 0.736. The number of benzene rings is 2. The van der Waals surface area contributed by atoms with Crippen LogP contribution in [0.25, 0.3) is 0 Å². The predicted octanol–water partition coefficient (Wildman–Crippen LogP) is 1.95. The second-order valence-electron chi connectivity index (χ2n) is 5.24. The Bertz CT molecular complexity index is 881. The summed E-state index contributed by atoms with van der Waals surface area (Å²) in [5.74, 6) is -1.09. The van der Waals surface area contributed by atoms with Gasteiger partial charge in [-0.15, -0.1) is 0 Å². The lowest BCUT2D eigenvalue weighted by atomic mass is 10.2. The molecule has 0 saturated heterocycles. The van der Waals surface area contributed by atoms with E-state index in [9.17, 15) is 18.0 Å². The van der Waals surface area contributed by atoms with Crippen LogP contribution in [0.5, 0.6) is 0 Å². The molecule has 0 aromatic heterocycles. The molecule has 3 N–H and O–H groups in total. The van der Waals surface area contributed by atoms with E-state index in [0.29, 0.717) is 16.9 Å². The summed E-state index contributed by atoms with van der Waals surface area (Å²) in [6.07, 6.45) is 1.03. The Morgan fingerprint density at radius 1 is 1.08 bits per heavy atom. The minimum Gasteiger partial charge on any atom is -0.366 e. The molecule has 0 fully saturated rings. The highest BCUT2D eigenvalue weighted by Gasteiger charge is 2.20. The van der Waals surface area contributed by atoms with Crippen molar-refractivity contribution in [2.75, 3.05) is 22.4 Å². The normalized spacial score (nSPS) is 11.0. The monoisotopic (exact) mass is 425 g/mol. The van der Waals surface area contributed by atoms with E-state index in [1.807, 2.05) is 0 Å². The van der Waals surface area contributed by atoms with Crippen LogP contribution in [0.1, 0.15) is 10.4 Å². The van der Waals surface area contributed by atoms with Crippen molar-refractivity contribution < 1.29 is 18.0 Å². The van der Waals surface area contributed by atoms with E-state index in [-0.39, 0.29) is 6.54 Å². The first kappa shape index (κ1) is 18.9. The summed E-state index contributed by atoms with van der Waals surface area (Å²) in [4.78, 5) is 23.2. The number of rotatable bonds is 6. The predicted molar refractivity (Wildman–Crippen MR) is 99.9 cm³/mol. The van der Waals surface area contributed by atoms with Gasteiger partial charge in [0.05, 0.1) is 11.9 Å². The van der Waals surface area contributed by atoms with Gasteiger partial charge in [-0.3, -0.25) is 13.9 Å². The molecule has 0 aliphatic heterocycles. The third-order valence-corrected chi connectivity index (χ3v) is 4.92. The molecule has 0 heterocycles. The van der Waals surface area contributed by atoms with Crippen LogP contribution in [0.15, 0.2) is 53.0 Å². The molecule has 9 heteroatoms. The molecule has 0 aliphatic rings. The van der Waals surface area contributed by atoms with E-state index < -0.39 is 21.8 Å². The molecule has 0 unspecified atom stereocenters. The van der Waals surface area contributed by atoms with E-state index in [1.54, 1.807) is 24.3 Å². The van der Waals surface area contributed by atoms with Crippen LogP contribution < -0.4 is 15.4 Å². The van der Waals surface area contributed by atoms with Crippen molar-refractivity contribution in [2.45, 2.75) is 0 Å². The molecule has 2 rings (SSSR count). The number of anilines is 2. The summed E-state index contributed by atoms with van der Waals surface area (Å²) in [5.41, 5.74) is 6.27. The lowest BCUT2D eigenvalue weighted by Gasteiger charge is -2.22. The van der Waals surface area contributed by atoms with Crippen molar-refractivity contribution in [3.63, 3.8) is 0 Å². The van der Waals surface area contributed by atoms with Gasteiger partial charge >= 0.3 is 0 Å². The molecule has 0 spiro atoms. The minimum absolute atomic E-state index is 0.311. The summed E-state index contributed by atoms with van der Waals surface area (Å²) in [6.45, 7) is -0.377. The molecule has 2 aromatic carbocycles. The van der Waals surface area contributed by atoms with E-state index in [1.165, 1.54) is 24.3 Å². The lowest BCUT2D eigenvalue weighted by Crippen LogP contribution is -2.37. The Balaban J connectivity index is 2.14. The topological polar surface area (TPSA) is 110 Å². The first-order valence-electron chi connectivity index (χ1n) is 7.10. The molecular formula is C16H16BrN3O4S. The summed E-state index contributed by atoms with van der Waals surface area (Å²) in [7, 11) is -3.64. The fraction of sp³-hybridized carbons (Fsp3) is 0.125. The Labute approximate surface area is 154 Å². The highest BCUT2D eigenvalue weighted by Crippen LogP contribution is 2.20. The highest BCUT2D eigenvalue weighted by molar-refractivity contribution is 9.10. The maximum atomic E-state index is 12.2. The number of halogens is 1. The third kappa shape index (κ3) is 5.30. The first-order chi connectivity index (χ1) is 11.7. The molecule has 2 amide bonds. The molecule has 25 heavy (non-hydrogen) atoms. The average Bonchev–Trinajstić information content (AvgIpc) is 2.53. The standard InChI is InChI=1S/C16H16BrN3O4S/c1-25(23,24)20(14-8-4-12(17)5-9-14)10-15(21)19-13-6-2-11(3-7-13)16(18)22/h2-9H,10H2,1H3,(H2,18,22)(H,19,21). The van der Waals surface area contributed by atoms with E-state index in [4.69, 9.17) is 5.73 Å². The fourth-order valence-electron chi connectivity index (χ4n) is 2.06. The molecule has 0 atom stereocenters. The number of nitrogens with zero attached hydrogens (tertiary/aromatic N) is 1. The third-order valence-electron chi connectivity index (χ3n) is 3.26. The van der Waals surface area contributed by atoms with Crippen molar-refractivity contribution in [1.82, 2.24) is 0 Å². The van der Waals surface area contributed by atoms with E-state index >= 15 is 0 Å². The number of amides is 2. The molecular weight excluding hydrogens is 410 g/mol. The number of hydrogen-bond donors (Lipinski definition) is 2. The summed E-state index contributed by atoms with van der Waals surface area (Å²) in [6, 6.07) is 12.6. The second-order valence-corrected chi connectivity index (χ2v) is 8.06. The smallest absolute Gasteiger partial charge is 0.248 e. The van der Waals surface area contributed by atoms with Crippen LogP contribution in [0.3, 0.4) is 0 Å². The van der Waals surface area contributed by atoms with Crippen molar-refractivity contribution in [1.29, 1.82) is 0 Å². The first-order valence-corrected chi connectivity index (χ1v) is 9.74. The van der Waals surface area contributed by atoms with Crippen molar-refractivity contribution in [3.8, 4) is 0 Å². The second kappa shape index (κ2) is 7.66. The molecule has 0 aliphatic carbocycles. The molecule has 0 bridgehead atoms. The van der Waals surface area contributed by atoms with Crippen molar-refractivity contribution >= 4 is 49.1 Å². The van der Waals surface area contributed by atoms with E-state index in [2.05, 4.69) is 21.2 Å². The molecule has 0 saturated carbocycles.